The Bertz CT molecular complexity index is 648. The summed E-state index contributed by atoms with van der Waals surface area (Å²) in [6.07, 6.45) is -1.09. The number of halogens is 2. The third kappa shape index (κ3) is 2.91. The topological polar surface area (TPSA) is 94.9 Å². The van der Waals surface area contributed by atoms with Gasteiger partial charge in [-0.2, -0.15) is 4.31 Å². The average molecular weight is 429 g/mol. The minimum atomic E-state index is -4.00. The second-order valence-corrected chi connectivity index (χ2v) is 8.02. The van der Waals surface area contributed by atoms with Gasteiger partial charge in [0, 0.05) is 21.9 Å². The monoisotopic (exact) mass is 427 g/mol. The first-order valence-electron chi connectivity index (χ1n) is 5.61. The first kappa shape index (κ1) is 15.9. The van der Waals surface area contributed by atoms with E-state index in [4.69, 9.17) is 5.11 Å². The highest BCUT2D eigenvalue weighted by molar-refractivity contribution is 9.11. The number of β-amino-alcohol motifs (C(OH)–C–C–N with tert-alkyl or cyclic N) is 1. The van der Waals surface area contributed by atoms with Crippen molar-refractivity contribution in [2.75, 3.05) is 6.54 Å². The summed E-state index contributed by atoms with van der Waals surface area (Å²) in [6, 6.07) is 3.36. The SMILES string of the molecule is O=C(O)C1CC(O)CN1S(=O)(=O)c1cc(Br)ccc1Br. The quantitative estimate of drug-likeness (QED) is 0.759. The number of hydrogen-bond donors (Lipinski definition) is 2. The number of aliphatic hydroxyl groups excluding tert-OH is 1. The van der Waals surface area contributed by atoms with Gasteiger partial charge in [-0.05, 0) is 34.1 Å². The third-order valence-corrected chi connectivity index (χ3v) is 6.36. The summed E-state index contributed by atoms with van der Waals surface area (Å²) in [5.41, 5.74) is 0. The molecule has 20 heavy (non-hydrogen) atoms. The number of carboxylic acid groups (broad SMARTS) is 1. The highest BCUT2D eigenvalue weighted by atomic mass is 79.9. The van der Waals surface area contributed by atoms with Crippen molar-refractivity contribution in [3.63, 3.8) is 0 Å². The molecule has 0 radical (unpaired) electrons. The number of benzene rings is 1. The summed E-state index contributed by atoms with van der Waals surface area (Å²) in [5, 5.41) is 18.7. The van der Waals surface area contributed by atoms with Gasteiger partial charge in [-0.15, -0.1) is 0 Å². The number of sulfonamides is 1. The average Bonchev–Trinajstić information content (AvgIpc) is 2.75. The molecule has 1 aliphatic heterocycles. The van der Waals surface area contributed by atoms with Crippen molar-refractivity contribution >= 4 is 47.9 Å². The van der Waals surface area contributed by atoms with Gasteiger partial charge >= 0.3 is 5.97 Å². The number of carboxylic acids is 1. The van der Waals surface area contributed by atoms with E-state index < -0.39 is 28.1 Å². The highest BCUT2D eigenvalue weighted by Crippen LogP contribution is 2.32. The summed E-state index contributed by atoms with van der Waals surface area (Å²) in [4.78, 5) is 11.1. The molecule has 0 bridgehead atoms. The standard InChI is InChI=1S/C11H11Br2NO5S/c12-6-1-2-8(13)10(3-6)20(18,19)14-5-7(15)4-9(14)11(16)17/h1-3,7,9,15H,4-5H2,(H,16,17). The van der Waals surface area contributed by atoms with Gasteiger partial charge in [0.1, 0.15) is 6.04 Å². The lowest BCUT2D eigenvalue weighted by Gasteiger charge is -2.21. The van der Waals surface area contributed by atoms with Crippen LogP contribution in [-0.4, -0.2) is 47.6 Å². The van der Waals surface area contributed by atoms with Crippen LogP contribution in [0.4, 0.5) is 0 Å². The number of hydrogen-bond acceptors (Lipinski definition) is 4. The van der Waals surface area contributed by atoms with E-state index in [2.05, 4.69) is 31.9 Å². The predicted octanol–water partition coefficient (Wildman–Crippen LogP) is 1.42. The van der Waals surface area contributed by atoms with Crippen molar-refractivity contribution in [2.24, 2.45) is 0 Å². The van der Waals surface area contributed by atoms with Gasteiger partial charge in [0.2, 0.25) is 10.0 Å². The molecule has 2 rings (SSSR count). The van der Waals surface area contributed by atoms with E-state index in [1.165, 1.54) is 6.07 Å². The number of carbonyl (C=O) groups is 1. The van der Waals surface area contributed by atoms with Crippen molar-refractivity contribution in [2.45, 2.75) is 23.5 Å². The van der Waals surface area contributed by atoms with Gasteiger partial charge in [-0.3, -0.25) is 4.79 Å². The molecule has 110 valence electrons. The normalized spacial score (nSPS) is 23.9. The number of nitrogens with zero attached hydrogens (tertiary/aromatic N) is 1. The zero-order chi connectivity index (χ0) is 15.1. The van der Waals surface area contributed by atoms with Crippen molar-refractivity contribution in [1.29, 1.82) is 0 Å². The first-order valence-corrected chi connectivity index (χ1v) is 8.64. The molecule has 1 aliphatic rings. The fraction of sp³-hybridized carbons (Fsp3) is 0.364. The highest BCUT2D eigenvalue weighted by Gasteiger charge is 2.44. The zero-order valence-electron chi connectivity index (χ0n) is 10.0. The van der Waals surface area contributed by atoms with Crippen LogP contribution in [0.5, 0.6) is 0 Å². The summed E-state index contributed by atoms with van der Waals surface area (Å²) < 4.78 is 26.9. The predicted molar refractivity (Wildman–Crippen MR) is 77.8 cm³/mol. The summed E-state index contributed by atoms with van der Waals surface area (Å²) in [6.45, 7) is -0.224. The molecule has 0 amide bonds. The van der Waals surface area contributed by atoms with Gasteiger partial charge in [0.25, 0.3) is 0 Å². The van der Waals surface area contributed by atoms with Crippen molar-refractivity contribution in [1.82, 2.24) is 4.31 Å². The fourth-order valence-electron chi connectivity index (χ4n) is 2.08. The molecule has 0 spiro atoms. The number of rotatable bonds is 3. The maximum Gasteiger partial charge on any atom is 0.322 e. The largest absolute Gasteiger partial charge is 0.480 e. The molecule has 0 saturated carbocycles. The summed E-state index contributed by atoms with van der Waals surface area (Å²) in [5.74, 6) is -1.27. The zero-order valence-corrected chi connectivity index (χ0v) is 14.0. The lowest BCUT2D eigenvalue weighted by atomic mass is 10.2. The molecule has 1 heterocycles. The lowest BCUT2D eigenvalue weighted by molar-refractivity contribution is -0.140. The Morgan fingerprint density at radius 1 is 1.35 bits per heavy atom. The van der Waals surface area contributed by atoms with E-state index in [1.54, 1.807) is 12.1 Å². The molecule has 2 atom stereocenters. The molecule has 2 unspecified atom stereocenters. The number of aliphatic carboxylic acids is 1. The van der Waals surface area contributed by atoms with Crippen LogP contribution >= 0.6 is 31.9 Å². The van der Waals surface area contributed by atoms with Crippen LogP contribution in [0.3, 0.4) is 0 Å². The smallest absolute Gasteiger partial charge is 0.322 e. The van der Waals surface area contributed by atoms with Crippen molar-refractivity contribution in [3.05, 3.63) is 27.1 Å². The third-order valence-electron chi connectivity index (χ3n) is 3.00. The molecule has 1 fully saturated rings. The Kier molecular flexibility index (Phi) is 4.55. The van der Waals surface area contributed by atoms with E-state index in [0.29, 0.717) is 8.95 Å². The van der Waals surface area contributed by atoms with Crippen molar-refractivity contribution in [3.8, 4) is 0 Å². The Balaban J connectivity index is 2.49. The number of aliphatic hydroxyl groups is 1. The van der Waals surface area contributed by atoms with Gasteiger partial charge in [0.15, 0.2) is 0 Å². The van der Waals surface area contributed by atoms with Gasteiger partial charge in [-0.1, -0.05) is 15.9 Å². The Morgan fingerprint density at radius 3 is 2.60 bits per heavy atom. The van der Waals surface area contributed by atoms with Crippen LogP contribution in [0.2, 0.25) is 0 Å². The molecule has 9 heteroatoms. The minimum absolute atomic E-state index is 0.0350. The van der Waals surface area contributed by atoms with Crippen LogP contribution in [0.1, 0.15) is 6.42 Å². The second kappa shape index (κ2) is 5.72. The van der Waals surface area contributed by atoms with E-state index in [0.717, 1.165) is 4.31 Å². The van der Waals surface area contributed by atoms with Crippen LogP contribution < -0.4 is 0 Å². The summed E-state index contributed by atoms with van der Waals surface area (Å²) >= 11 is 6.33. The van der Waals surface area contributed by atoms with Crippen LogP contribution in [-0.2, 0) is 14.8 Å². The molecule has 0 aromatic heterocycles. The van der Waals surface area contributed by atoms with E-state index in [1.807, 2.05) is 0 Å². The first-order chi connectivity index (χ1) is 9.23. The van der Waals surface area contributed by atoms with E-state index >= 15 is 0 Å². The van der Waals surface area contributed by atoms with Crippen molar-refractivity contribution < 1.29 is 23.4 Å². The molecule has 0 aliphatic carbocycles. The maximum atomic E-state index is 12.6. The Morgan fingerprint density at radius 2 is 2.00 bits per heavy atom. The van der Waals surface area contributed by atoms with Crippen LogP contribution in [0, 0.1) is 0 Å². The molecule has 1 aromatic carbocycles. The maximum absolute atomic E-state index is 12.6. The minimum Gasteiger partial charge on any atom is -0.480 e. The Hall–Kier alpha value is -0.480. The molecule has 6 nitrogen and oxygen atoms in total. The second-order valence-electron chi connectivity index (χ2n) is 4.39. The summed E-state index contributed by atoms with van der Waals surface area (Å²) in [7, 11) is -4.00. The molecular weight excluding hydrogens is 418 g/mol. The Labute approximate surface area is 132 Å². The molecular formula is C11H11Br2NO5S. The fourth-order valence-corrected chi connectivity index (χ4v) is 5.17. The molecule has 2 N–H and O–H groups in total. The molecule has 1 aromatic rings. The van der Waals surface area contributed by atoms with Gasteiger partial charge in [-0.25, -0.2) is 8.42 Å². The van der Waals surface area contributed by atoms with E-state index in [-0.39, 0.29) is 17.9 Å². The van der Waals surface area contributed by atoms with E-state index in [9.17, 15) is 18.3 Å². The van der Waals surface area contributed by atoms with Gasteiger partial charge in [0.05, 0.1) is 11.0 Å². The molecule has 1 saturated heterocycles. The van der Waals surface area contributed by atoms with Crippen LogP contribution in [0.25, 0.3) is 0 Å². The van der Waals surface area contributed by atoms with Crippen LogP contribution in [0.15, 0.2) is 32.0 Å². The lowest BCUT2D eigenvalue weighted by Crippen LogP contribution is -2.40. The van der Waals surface area contributed by atoms with Gasteiger partial charge < -0.3 is 10.2 Å².